The minimum absolute atomic E-state index is 0.482. The van der Waals surface area contributed by atoms with Crippen LogP contribution in [0.4, 0.5) is 5.69 Å². The Morgan fingerprint density at radius 2 is 2.24 bits per heavy atom. The molecule has 3 rings (SSSR count). The maximum atomic E-state index is 5.83. The van der Waals surface area contributed by atoms with Gasteiger partial charge in [-0.05, 0) is 41.8 Å². The number of nitrogens with two attached hydrogens (primary N) is 1. The molecule has 1 aromatic heterocycles. The number of benzene rings is 1. The molecule has 0 spiro atoms. The van der Waals surface area contributed by atoms with Crippen LogP contribution in [0.5, 0.6) is 5.75 Å². The lowest BCUT2D eigenvalue weighted by Crippen LogP contribution is -2.31. The van der Waals surface area contributed by atoms with Crippen molar-refractivity contribution in [3.8, 4) is 5.75 Å². The van der Waals surface area contributed by atoms with Crippen LogP contribution < -0.4 is 10.5 Å². The van der Waals surface area contributed by atoms with Crippen molar-refractivity contribution in [3.63, 3.8) is 0 Å². The van der Waals surface area contributed by atoms with E-state index in [9.17, 15) is 0 Å². The summed E-state index contributed by atoms with van der Waals surface area (Å²) in [5, 5.41) is 0. The van der Waals surface area contributed by atoms with E-state index in [0.29, 0.717) is 6.61 Å². The van der Waals surface area contributed by atoms with Gasteiger partial charge in [-0.1, -0.05) is 12.6 Å². The summed E-state index contributed by atoms with van der Waals surface area (Å²) < 4.78 is 5.70. The molecule has 0 amide bonds. The van der Waals surface area contributed by atoms with E-state index >= 15 is 0 Å². The fourth-order valence-electron chi connectivity index (χ4n) is 2.53. The normalized spacial score (nSPS) is 13.6. The molecule has 4 nitrogen and oxygen atoms in total. The summed E-state index contributed by atoms with van der Waals surface area (Å²) in [6.45, 7) is 6.44. The zero-order chi connectivity index (χ0) is 14.7. The molecule has 0 saturated carbocycles. The highest BCUT2D eigenvalue weighted by Gasteiger charge is 2.17. The van der Waals surface area contributed by atoms with Crippen molar-refractivity contribution in [1.82, 2.24) is 9.88 Å². The summed E-state index contributed by atoms with van der Waals surface area (Å²) in [6, 6.07) is 9.89. The van der Waals surface area contributed by atoms with Gasteiger partial charge in [-0.25, -0.2) is 0 Å². The SMILES string of the molecule is C=C(COc1cccnc1)N1CCc2cc(N)ccc2C1. The summed E-state index contributed by atoms with van der Waals surface area (Å²) in [4.78, 5) is 6.29. The first-order chi connectivity index (χ1) is 10.2. The minimum atomic E-state index is 0.482. The van der Waals surface area contributed by atoms with Gasteiger partial charge in [0.05, 0.1) is 6.20 Å². The van der Waals surface area contributed by atoms with E-state index in [1.54, 1.807) is 12.4 Å². The summed E-state index contributed by atoms with van der Waals surface area (Å²) >= 11 is 0. The van der Waals surface area contributed by atoms with Crippen LogP contribution >= 0.6 is 0 Å². The molecule has 0 saturated heterocycles. The predicted molar refractivity (Wildman–Crippen MR) is 83.8 cm³/mol. The molecule has 0 aliphatic carbocycles. The van der Waals surface area contributed by atoms with Crippen LogP contribution in [0, 0.1) is 0 Å². The largest absolute Gasteiger partial charge is 0.486 e. The number of pyridine rings is 1. The summed E-state index contributed by atoms with van der Waals surface area (Å²) in [5.41, 5.74) is 10.3. The monoisotopic (exact) mass is 281 g/mol. The molecular formula is C17H19N3O. The van der Waals surface area contributed by atoms with Gasteiger partial charge >= 0.3 is 0 Å². The van der Waals surface area contributed by atoms with Gasteiger partial charge in [-0.15, -0.1) is 0 Å². The third-order valence-electron chi connectivity index (χ3n) is 3.73. The molecule has 1 aromatic carbocycles. The first-order valence-electron chi connectivity index (χ1n) is 7.05. The van der Waals surface area contributed by atoms with Gasteiger partial charge in [-0.2, -0.15) is 0 Å². The van der Waals surface area contributed by atoms with E-state index in [1.165, 1.54) is 11.1 Å². The van der Waals surface area contributed by atoms with Crippen LogP contribution in [0.3, 0.4) is 0 Å². The average Bonchev–Trinajstić information content (AvgIpc) is 2.53. The zero-order valence-corrected chi connectivity index (χ0v) is 12.0. The smallest absolute Gasteiger partial charge is 0.138 e. The standard InChI is InChI=1S/C17H19N3O/c1-13(12-21-17-3-2-7-19-10-17)20-8-6-14-9-16(18)5-4-15(14)11-20/h2-5,7,9-10H,1,6,8,11-12,18H2. The van der Waals surface area contributed by atoms with Gasteiger partial charge in [0.2, 0.25) is 0 Å². The van der Waals surface area contributed by atoms with Crippen molar-refractivity contribution < 1.29 is 4.74 Å². The molecule has 0 bridgehead atoms. The van der Waals surface area contributed by atoms with Crippen LogP contribution in [0.1, 0.15) is 11.1 Å². The molecule has 4 heteroatoms. The third-order valence-corrected chi connectivity index (χ3v) is 3.73. The molecule has 108 valence electrons. The number of hydrogen-bond donors (Lipinski definition) is 1. The molecule has 0 fully saturated rings. The Balaban J connectivity index is 1.60. The Morgan fingerprint density at radius 1 is 1.33 bits per heavy atom. The molecule has 2 heterocycles. The predicted octanol–water partition coefficient (Wildman–Crippen LogP) is 2.61. The van der Waals surface area contributed by atoms with Crippen molar-refractivity contribution in [2.75, 3.05) is 18.9 Å². The van der Waals surface area contributed by atoms with Gasteiger partial charge < -0.3 is 15.4 Å². The lowest BCUT2D eigenvalue weighted by molar-refractivity contribution is 0.254. The average molecular weight is 281 g/mol. The summed E-state index contributed by atoms with van der Waals surface area (Å²) in [6.07, 6.45) is 4.43. The van der Waals surface area contributed by atoms with Gasteiger partial charge in [0.15, 0.2) is 0 Å². The van der Waals surface area contributed by atoms with Gasteiger partial charge in [-0.3, -0.25) is 4.98 Å². The number of nitrogen functional groups attached to an aromatic ring is 1. The van der Waals surface area contributed by atoms with Crippen LogP contribution in [-0.2, 0) is 13.0 Å². The number of fused-ring (bicyclic) bond motifs is 1. The van der Waals surface area contributed by atoms with Crippen molar-refractivity contribution in [2.45, 2.75) is 13.0 Å². The van der Waals surface area contributed by atoms with E-state index in [2.05, 4.69) is 28.6 Å². The first kappa shape index (κ1) is 13.5. The highest BCUT2D eigenvalue weighted by molar-refractivity contribution is 5.45. The van der Waals surface area contributed by atoms with Crippen molar-refractivity contribution in [1.29, 1.82) is 0 Å². The summed E-state index contributed by atoms with van der Waals surface area (Å²) in [7, 11) is 0. The lowest BCUT2D eigenvalue weighted by Gasteiger charge is -2.32. The number of anilines is 1. The topological polar surface area (TPSA) is 51.4 Å². The lowest BCUT2D eigenvalue weighted by atomic mass is 9.99. The van der Waals surface area contributed by atoms with Gasteiger partial charge in [0, 0.05) is 30.7 Å². The Labute approximate surface area is 124 Å². The highest BCUT2D eigenvalue weighted by Crippen LogP contribution is 2.23. The number of nitrogens with zero attached hydrogens (tertiary/aromatic N) is 2. The van der Waals surface area contributed by atoms with E-state index in [1.807, 2.05) is 18.2 Å². The van der Waals surface area contributed by atoms with Crippen LogP contribution in [0.25, 0.3) is 0 Å². The molecule has 0 radical (unpaired) electrons. The molecule has 1 aliphatic rings. The zero-order valence-electron chi connectivity index (χ0n) is 12.0. The van der Waals surface area contributed by atoms with Gasteiger partial charge in [0.1, 0.15) is 12.4 Å². The van der Waals surface area contributed by atoms with Gasteiger partial charge in [0.25, 0.3) is 0 Å². The molecule has 21 heavy (non-hydrogen) atoms. The van der Waals surface area contributed by atoms with E-state index in [4.69, 9.17) is 10.5 Å². The quantitative estimate of drug-likeness (QED) is 0.875. The Hall–Kier alpha value is -2.49. The Kier molecular flexibility index (Phi) is 3.77. The third kappa shape index (κ3) is 3.16. The van der Waals surface area contributed by atoms with E-state index in [0.717, 1.165) is 36.6 Å². The first-order valence-corrected chi connectivity index (χ1v) is 7.05. The fraction of sp³-hybridized carbons (Fsp3) is 0.235. The van der Waals surface area contributed by atoms with E-state index < -0.39 is 0 Å². The second-order valence-electron chi connectivity index (χ2n) is 5.24. The maximum Gasteiger partial charge on any atom is 0.138 e. The Morgan fingerprint density at radius 3 is 3.05 bits per heavy atom. The number of aromatic nitrogens is 1. The Bertz CT molecular complexity index is 640. The van der Waals surface area contributed by atoms with Crippen LogP contribution in [-0.4, -0.2) is 23.0 Å². The van der Waals surface area contributed by atoms with Crippen LogP contribution in [0.15, 0.2) is 55.0 Å². The van der Waals surface area contributed by atoms with Crippen LogP contribution in [0.2, 0.25) is 0 Å². The highest BCUT2D eigenvalue weighted by atomic mass is 16.5. The van der Waals surface area contributed by atoms with Crippen molar-refractivity contribution >= 4 is 5.69 Å². The molecule has 2 aromatic rings. The van der Waals surface area contributed by atoms with Crippen molar-refractivity contribution in [3.05, 3.63) is 66.1 Å². The maximum absolute atomic E-state index is 5.83. The fourth-order valence-corrected chi connectivity index (χ4v) is 2.53. The summed E-state index contributed by atoms with van der Waals surface area (Å²) in [5.74, 6) is 0.767. The van der Waals surface area contributed by atoms with Crippen molar-refractivity contribution in [2.24, 2.45) is 0 Å². The molecule has 0 atom stereocenters. The second-order valence-corrected chi connectivity index (χ2v) is 5.24. The second kappa shape index (κ2) is 5.87. The molecule has 2 N–H and O–H groups in total. The van der Waals surface area contributed by atoms with E-state index in [-0.39, 0.29) is 0 Å². The minimum Gasteiger partial charge on any atom is -0.486 e. The number of ether oxygens (including phenoxy) is 1. The number of hydrogen-bond acceptors (Lipinski definition) is 4. The molecular weight excluding hydrogens is 262 g/mol. The molecule has 0 unspecified atom stereocenters. The number of rotatable bonds is 4. The molecule has 1 aliphatic heterocycles.